The van der Waals surface area contributed by atoms with Crippen LogP contribution in [0.5, 0.6) is 11.5 Å². The Bertz CT molecular complexity index is 650. The van der Waals surface area contributed by atoms with Gasteiger partial charge in [-0.2, -0.15) is 0 Å². The Balaban J connectivity index is 2.40. The Morgan fingerprint density at radius 3 is 2.43 bits per heavy atom. The van der Waals surface area contributed by atoms with Crippen LogP contribution in [0.1, 0.15) is 29.8 Å². The van der Waals surface area contributed by atoms with Crippen molar-refractivity contribution >= 4 is 5.78 Å². The lowest BCUT2D eigenvalue weighted by atomic mass is 10.0. The second-order valence-electron chi connectivity index (χ2n) is 4.84. The SMILES string of the molecule is COc1ccc(C(=O)c2ccccc2OC(C)C)c(F)c1. The first-order valence-electron chi connectivity index (χ1n) is 6.67. The molecular formula is C17H17FO3. The molecule has 110 valence electrons. The second-order valence-corrected chi connectivity index (χ2v) is 4.84. The molecule has 3 nitrogen and oxygen atoms in total. The number of benzene rings is 2. The van der Waals surface area contributed by atoms with Gasteiger partial charge in [0.05, 0.1) is 24.3 Å². The highest BCUT2D eigenvalue weighted by Gasteiger charge is 2.18. The van der Waals surface area contributed by atoms with Gasteiger partial charge in [-0.05, 0) is 38.1 Å². The topological polar surface area (TPSA) is 35.5 Å². The average Bonchev–Trinajstić information content (AvgIpc) is 2.46. The number of halogens is 1. The standard InChI is InChI=1S/C17H17FO3/c1-11(2)21-16-7-5-4-6-14(16)17(19)13-9-8-12(20-3)10-15(13)18/h4-11H,1-3H3. The average molecular weight is 288 g/mol. The van der Waals surface area contributed by atoms with Crippen LogP contribution in [0, 0.1) is 5.82 Å². The first-order valence-corrected chi connectivity index (χ1v) is 6.67. The summed E-state index contributed by atoms with van der Waals surface area (Å²) in [5.41, 5.74) is 0.339. The summed E-state index contributed by atoms with van der Waals surface area (Å²) in [4.78, 5) is 12.5. The van der Waals surface area contributed by atoms with Crippen molar-refractivity contribution < 1.29 is 18.7 Å². The fourth-order valence-electron chi connectivity index (χ4n) is 1.96. The van der Waals surface area contributed by atoms with Crippen molar-refractivity contribution in [2.45, 2.75) is 20.0 Å². The molecule has 0 bridgehead atoms. The highest BCUT2D eigenvalue weighted by Crippen LogP contribution is 2.25. The van der Waals surface area contributed by atoms with Gasteiger partial charge in [0.15, 0.2) is 5.78 Å². The monoisotopic (exact) mass is 288 g/mol. The van der Waals surface area contributed by atoms with Crippen molar-refractivity contribution in [3.05, 3.63) is 59.4 Å². The molecule has 0 spiro atoms. The van der Waals surface area contributed by atoms with Crippen LogP contribution in [0.2, 0.25) is 0 Å². The molecule has 0 aliphatic heterocycles. The summed E-state index contributed by atoms with van der Waals surface area (Å²) in [5.74, 6) is -0.200. The molecule has 0 atom stereocenters. The minimum absolute atomic E-state index is 0.00407. The van der Waals surface area contributed by atoms with Gasteiger partial charge in [-0.1, -0.05) is 12.1 Å². The Morgan fingerprint density at radius 2 is 1.81 bits per heavy atom. The van der Waals surface area contributed by atoms with E-state index in [1.807, 2.05) is 13.8 Å². The number of hydrogen-bond acceptors (Lipinski definition) is 3. The zero-order valence-corrected chi connectivity index (χ0v) is 12.2. The number of ether oxygens (including phenoxy) is 2. The van der Waals surface area contributed by atoms with Crippen LogP contribution in [0.4, 0.5) is 4.39 Å². The highest BCUT2D eigenvalue weighted by atomic mass is 19.1. The smallest absolute Gasteiger partial charge is 0.199 e. The van der Waals surface area contributed by atoms with Crippen LogP contribution in [0.3, 0.4) is 0 Å². The van der Waals surface area contributed by atoms with E-state index in [4.69, 9.17) is 9.47 Å². The van der Waals surface area contributed by atoms with Gasteiger partial charge in [-0.15, -0.1) is 0 Å². The van der Waals surface area contributed by atoms with E-state index in [-0.39, 0.29) is 11.7 Å². The minimum atomic E-state index is -0.612. The van der Waals surface area contributed by atoms with E-state index < -0.39 is 11.6 Å². The van der Waals surface area contributed by atoms with Crippen LogP contribution in [-0.2, 0) is 0 Å². The number of carbonyl (C=O) groups is 1. The molecule has 0 N–H and O–H groups in total. The molecule has 0 saturated carbocycles. The summed E-state index contributed by atoms with van der Waals surface area (Å²) in [7, 11) is 1.45. The maximum Gasteiger partial charge on any atom is 0.199 e. The molecule has 0 heterocycles. The van der Waals surface area contributed by atoms with Gasteiger partial charge in [0.25, 0.3) is 0 Å². The molecule has 0 saturated heterocycles. The Labute approximate surface area is 123 Å². The van der Waals surface area contributed by atoms with Crippen LogP contribution in [0.25, 0.3) is 0 Å². The number of para-hydroxylation sites is 1. The van der Waals surface area contributed by atoms with E-state index in [1.165, 1.54) is 19.2 Å². The fourth-order valence-corrected chi connectivity index (χ4v) is 1.96. The van der Waals surface area contributed by atoms with Gasteiger partial charge in [-0.3, -0.25) is 4.79 Å². The third-order valence-electron chi connectivity index (χ3n) is 2.92. The summed E-state index contributed by atoms with van der Waals surface area (Å²) in [6.45, 7) is 3.74. The lowest BCUT2D eigenvalue weighted by molar-refractivity contribution is 0.102. The first-order chi connectivity index (χ1) is 10.0. The largest absolute Gasteiger partial charge is 0.497 e. The van der Waals surface area contributed by atoms with Gasteiger partial charge in [0.2, 0.25) is 0 Å². The fraction of sp³-hybridized carbons (Fsp3) is 0.235. The van der Waals surface area contributed by atoms with Gasteiger partial charge < -0.3 is 9.47 Å². The molecule has 21 heavy (non-hydrogen) atoms. The van der Waals surface area contributed by atoms with Gasteiger partial charge in [-0.25, -0.2) is 4.39 Å². The highest BCUT2D eigenvalue weighted by molar-refractivity contribution is 6.10. The maximum atomic E-state index is 14.0. The summed E-state index contributed by atoms with van der Waals surface area (Å²) in [6.07, 6.45) is -0.0698. The number of ketones is 1. The quantitative estimate of drug-likeness (QED) is 0.784. The lowest BCUT2D eigenvalue weighted by Crippen LogP contribution is -2.11. The molecule has 0 aliphatic rings. The predicted octanol–water partition coefficient (Wildman–Crippen LogP) is 3.85. The van der Waals surface area contributed by atoms with Crippen LogP contribution in [0.15, 0.2) is 42.5 Å². The molecular weight excluding hydrogens is 271 g/mol. The molecule has 0 aliphatic carbocycles. The normalized spacial score (nSPS) is 10.5. The summed E-state index contributed by atoms with van der Waals surface area (Å²) in [6, 6.07) is 11.0. The van der Waals surface area contributed by atoms with Gasteiger partial charge in [0, 0.05) is 6.07 Å². The Kier molecular flexibility index (Phi) is 4.58. The summed E-state index contributed by atoms with van der Waals surface area (Å²) in [5, 5.41) is 0. The van der Waals surface area contributed by atoms with Gasteiger partial charge in [0.1, 0.15) is 17.3 Å². The number of hydrogen-bond donors (Lipinski definition) is 0. The van der Waals surface area contributed by atoms with Crippen molar-refractivity contribution in [1.82, 2.24) is 0 Å². The predicted molar refractivity (Wildman–Crippen MR) is 78.6 cm³/mol. The van der Waals surface area contributed by atoms with Crippen molar-refractivity contribution in [3.63, 3.8) is 0 Å². The van der Waals surface area contributed by atoms with E-state index in [2.05, 4.69) is 0 Å². The zero-order chi connectivity index (χ0) is 15.4. The molecule has 4 heteroatoms. The van der Waals surface area contributed by atoms with Crippen LogP contribution in [-0.4, -0.2) is 19.0 Å². The molecule has 2 aromatic carbocycles. The molecule has 0 amide bonds. The van der Waals surface area contributed by atoms with Gasteiger partial charge >= 0.3 is 0 Å². The lowest BCUT2D eigenvalue weighted by Gasteiger charge is -2.13. The first kappa shape index (κ1) is 15.0. The molecule has 0 aromatic heterocycles. The molecule has 0 unspecified atom stereocenters. The minimum Gasteiger partial charge on any atom is -0.497 e. The van der Waals surface area contributed by atoms with E-state index in [0.29, 0.717) is 17.1 Å². The molecule has 0 radical (unpaired) electrons. The van der Waals surface area contributed by atoms with E-state index in [0.717, 1.165) is 0 Å². The van der Waals surface area contributed by atoms with Crippen molar-refractivity contribution in [1.29, 1.82) is 0 Å². The number of methoxy groups -OCH3 is 1. The van der Waals surface area contributed by atoms with Crippen molar-refractivity contribution in [3.8, 4) is 11.5 Å². The van der Waals surface area contributed by atoms with Crippen molar-refractivity contribution in [2.75, 3.05) is 7.11 Å². The molecule has 2 rings (SSSR count). The third-order valence-corrected chi connectivity index (χ3v) is 2.92. The third kappa shape index (κ3) is 3.40. The van der Waals surface area contributed by atoms with Crippen LogP contribution >= 0.6 is 0 Å². The zero-order valence-electron chi connectivity index (χ0n) is 12.2. The number of rotatable bonds is 5. The number of carbonyl (C=O) groups excluding carboxylic acids is 1. The molecule has 0 fully saturated rings. The molecule has 2 aromatic rings. The van der Waals surface area contributed by atoms with Crippen molar-refractivity contribution in [2.24, 2.45) is 0 Å². The summed E-state index contributed by atoms with van der Waals surface area (Å²) >= 11 is 0. The van der Waals surface area contributed by atoms with E-state index in [9.17, 15) is 9.18 Å². The van der Waals surface area contributed by atoms with Crippen LogP contribution < -0.4 is 9.47 Å². The van der Waals surface area contributed by atoms with E-state index in [1.54, 1.807) is 30.3 Å². The van der Waals surface area contributed by atoms with E-state index >= 15 is 0 Å². The second kappa shape index (κ2) is 6.39. The Morgan fingerprint density at radius 1 is 1.10 bits per heavy atom. The Hall–Kier alpha value is -2.36. The maximum absolute atomic E-state index is 14.0. The summed E-state index contributed by atoms with van der Waals surface area (Å²) < 4.78 is 24.6.